The molecule has 10 heteroatoms. The highest BCUT2D eigenvalue weighted by molar-refractivity contribution is 9.10. The average Bonchev–Trinajstić information content (AvgIpc) is 3.44. The monoisotopic (exact) mass is 454 g/mol. The zero-order chi connectivity index (χ0) is 20.0. The van der Waals surface area contributed by atoms with E-state index in [9.17, 15) is 10.1 Å². The number of imidazole rings is 1. The number of nitrogens with zero attached hydrogens (tertiary/aromatic N) is 4. The molecule has 0 radical (unpaired) electrons. The van der Waals surface area contributed by atoms with Gasteiger partial charge in [0.15, 0.2) is 28.8 Å². The number of fused-ring (bicyclic) bond motifs is 2. The maximum absolute atomic E-state index is 11.5. The van der Waals surface area contributed by atoms with Crippen molar-refractivity contribution in [3.8, 4) is 23.0 Å². The maximum Gasteiger partial charge on any atom is 0.282 e. The minimum atomic E-state index is -0.484. The van der Waals surface area contributed by atoms with E-state index in [0.29, 0.717) is 34.4 Å². The smallest absolute Gasteiger partial charge is 0.282 e. The predicted octanol–water partition coefficient (Wildman–Crippen LogP) is 4.74. The summed E-state index contributed by atoms with van der Waals surface area (Å²) in [6.07, 6.45) is 4.78. The minimum Gasteiger partial charge on any atom is -0.463 e. The molecule has 1 aromatic carbocycles. The number of aliphatic imine (C=N–C) groups is 1. The molecule has 29 heavy (non-hydrogen) atoms. The standard InChI is InChI=1S/C19H11BrN4O5/c20-12-3-4-17-22-18(14-2-1-5-27-14)19(23(17)9-12)21-8-11-6-15-16(29-10-28-15)7-13(11)24(25)26/h1-9H,10H2. The lowest BCUT2D eigenvalue weighted by Gasteiger charge is -2.02. The van der Waals surface area contributed by atoms with Crippen LogP contribution in [0.5, 0.6) is 11.5 Å². The number of halogens is 1. The second kappa shape index (κ2) is 6.74. The predicted molar refractivity (Wildman–Crippen MR) is 107 cm³/mol. The fourth-order valence-electron chi connectivity index (χ4n) is 3.05. The summed E-state index contributed by atoms with van der Waals surface area (Å²) in [5, 5.41) is 11.5. The average molecular weight is 455 g/mol. The van der Waals surface area contributed by atoms with Crippen LogP contribution in [-0.4, -0.2) is 27.3 Å². The van der Waals surface area contributed by atoms with Crippen LogP contribution < -0.4 is 9.47 Å². The van der Waals surface area contributed by atoms with E-state index >= 15 is 0 Å². The molecular formula is C19H11BrN4O5. The number of nitro groups is 1. The molecule has 9 nitrogen and oxygen atoms in total. The van der Waals surface area contributed by atoms with Crippen molar-refractivity contribution in [3.63, 3.8) is 0 Å². The van der Waals surface area contributed by atoms with Crippen molar-refractivity contribution in [2.24, 2.45) is 4.99 Å². The molecular weight excluding hydrogens is 444 g/mol. The minimum absolute atomic E-state index is 0.0248. The molecule has 0 unspecified atom stereocenters. The lowest BCUT2D eigenvalue weighted by atomic mass is 10.1. The third-order valence-corrected chi connectivity index (χ3v) is 4.83. The van der Waals surface area contributed by atoms with E-state index in [-0.39, 0.29) is 18.0 Å². The zero-order valence-electron chi connectivity index (χ0n) is 14.6. The van der Waals surface area contributed by atoms with Crippen LogP contribution in [0.25, 0.3) is 17.1 Å². The van der Waals surface area contributed by atoms with Gasteiger partial charge in [-0.3, -0.25) is 14.5 Å². The first kappa shape index (κ1) is 17.4. The number of benzene rings is 1. The lowest BCUT2D eigenvalue weighted by Crippen LogP contribution is -1.95. The van der Waals surface area contributed by atoms with Gasteiger partial charge in [0.25, 0.3) is 5.69 Å². The van der Waals surface area contributed by atoms with Crippen molar-refractivity contribution in [2.75, 3.05) is 6.79 Å². The first-order chi connectivity index (χ1) is 14.1. The van der Waals surface area contributed by atoms with Crippen molar-refractivity contribution in [1.29, 1.82) is 0 Å². The Bertz CT molecular complexity index is 1280. The summed E-state index contributed by atoms with van der Waals surface area (Å²) >= 11 is 3.44. The SMILES string of the molecule is O=[N+]([O-])c1cc2c(cc1C=Nc1c(-c3ccco3)nc3ccc(Br)cn13)OCO2. The van der Waals surface area contributed by atoms with Crippen LogP contribution in [0.2, 0.25) is 0 Å². The fourth-order valence-corrected chi connectivity index (χ4v) is 3.38. The van der Waals surface area contributed by atoms with Gasteiger partial charge in [-0.05, 0) is 46.3 Å². The molecule has 0 saturated carbocycles. The number of nitro benzene ring substituents is 1. The van der Waals surface area contributed by atoms with Crippen LogP contribution >= 0.6 is 15.9 Å². The molecule has 0 bridgehead atoms. The number of aromatic nitrogens is 2. The van der Waals surface area contributed by atoms with Crippen LogP contribution in [0.15, 0.2) is 62.7 Å². The lowest BCUT2D eigenvalue weighted by molar-refractivity contribution is -0.385. The number of hydrogen-bond acceptors (Lipinski definition) is 7. The number of rotatable bonds is 4. The van der Waals surface area contributed by atoms with Gasteiger partial charge in [0.2, 0.25) is 6.79 Å². The quantitative estimate of drug-likeness (QED) is 0.250. The molecule has 0 atom stereocenters. The fraction of sp³-hybridized carbons (Fsp3) is 0.0526. The molecule has 0 spiro atoms. The topological polar surface area (TPSA) is 104 Å². The van der Waals surface area contributed by atoms with Crippen LogP contribution in [0.3, 0.4) is 0 Å². The first-order valence-electron chi connectivity index (χ1n) is 8.44. The van der Waals surface area contributed by atoms with Crippen LogP contribution in [0, 0.1) is 10.1 Å². The van der Waals surface area contributed by atoms with E-state index in [1.807, 2.05) is 18.3 Å². The normalized spacial score (nSPS) is 12.9. The molecule has 4 heterocycles. The van der Waals surface area contributed by atoms with Gasteiger partial charge in [-0.25, -0.2) is 9.98 Å². The third kappa shape index (κ3) is 3.03. The van der Waals surface area contributed by atoms with Crippen molar-refractivity contribution in [2.45, 2.75) is 0 Å². The molecule has 5 rings (SSSR count). The molecule has 0 fully saturated rings. The van der Waals surface area contributed by atoms with E-state index in [0.717, 1.165) is 4.47 Å². The van der Waals surface area contributed by atoms with Gasteiger partial charge in [0, 0.05) is 16.9 Å². The second-order valence-electron chi connectivity index (χ2n) is 6.12. The molecule has 1 aliphatic heterocycles. The summed E-state index contributed by atoms with van der Waals surface area (Å²) in [5.74, 6) is 1.79. The molecule has 0 saturated heterocycles. The Balaban J connectivity index is 1.68. The van der Waals surface area contributed by atoms with Gasteiger partial charge >= 0.3 is 0 Å². The van der Waals surface area contributed by atoms with Crippen molar-refractivity contribution < 1.29 is 18.8 Å². The van der Waals surface area contributed by atoms with E-state index in [1.165, 1.54) is 18.3 Å². The maximum atomic E-state index is 11.5. The highest BCUT2D eigenvalue weighted by Crippen LogP contribution is 2.38. The number of ether oxygens (including phenoxy) is 2. The molecule has 144 valence electrons. The van der Waals surface area contributed by atoms with E-state index in [4.69, 9.17) is 13.9 Å². The van der Waals surface area contributed by atoms with Gasteiger partial charge in [0.1, 0.15) is 5.65 Å². The summed E-state index contributed by atoms with van der Waals surface area (Å²) < 4.78 is 18.7. The Morgan fingerprint density at radius 3 is 2.83 bits per heavy atom. The van der Waals surface area contributed by atoms with Crippen molar-refractivity contribution in [1.82, 2.24) is 9.38 Å². The van der Waals surface area contributed by atoms with E-state index < -0.39 is 4.92 Å². The van der Waals surface area contributed by atoms with Crippen LogP contribution in [0.1, 0.15) is 5.56 Å². The molecule has 0 aliphatic carbocycles. The molecule has 1 aliphatic rings. The molecule has 3 aromatic heterocycles. The molecule has 0 amide bonds. The number of furan rings is 1. The van der Waals surface area contributed by atoms with Crippen molar-refractivity contribution in [3.05, 3.63) is 69.0 Å². The van der Waals surface area contributed by atoms with Gasteiger partial charge in [-0.15, -0.1) is 0 Å². The van der Waals surface area contributed by atoms with Gasteiger partial charge in [-0.1, -0.05) is 0 Å². The molecule has 0 N–H and O–H groups in total. The Morgan fingerprint density at radius 2 is 2.07 bits per heavy atom. The Labute approximate surface area is 171 Å². The largest absolute Gasteiger partial charge is 0.463 e. The summed E-state index contributed by atoms with van der Waals surface area (Å²) in [7, 11) is 0. The van der Waals surface area contributed by atoms with Crippen LogP contribution in [-0.2, 0) is 0 Å². The summed E-state index contributed by atoms with van der Waals surface area (Å²) in [6.45, 7) is 0.0248. The summed E-state index contributed by atoms with van der Waals surface area (Å²) in [6, 6.07) is 10.1. The van der Waals surface area contributed by atoms with E-state index in [2.05, 4.69) is 25.9 Å². The third-order valence-electron chi connectivity index (χ3n) is 4.36. The summed E-state index contributed by atoms with van der Waals surface area (Å²) in [4.78, 5) is 20.1. The second-order valence-corrected chi connectivity index (χ2v) is 7.03. The summed E-state index contributed by atoms with van der Waals surface area (Å²) in [5.41, 5.74) is 1.34. The van der Waals surface area contributed by atoms with Crippen molar-refractivity contribution >= 4 is 39.3 Å². The van der Waals surface area contributed by atoms with Crippen LogP contribution in [0.4, 0.5) is 11.5 Å². The first-order valence-corrected chi connectivity index (χ1v) is 9.23. The van der Waals surface area contributed by atoms with Gasteiger partial charge < -0.3 is 13.9 Å². The van der Waals surface area contributed by atoms with E-state index in [1.54, 1.807) is 22.8 Å². The number of pyridine rings is 1. The molecule has 4 aromatic rings. The highest BCUT2D eigenvalue weighted by atomic mass is 79.9. The van der Waals surface area contributed by atoms with Gasteiger partial charge in [0.05, 0.1) is 22.8 Å². The van der Waals surface area contributed by atoms with Gasteiger partial charge in [-0.2, -0.15) is 0 Å². The number of hydrogen-bond donors (Lipinski definition) is 0. The Kier molecular flexibility index (Phi) is 4.06. The Hall–Kier alpha value is -3.66. The Morgan fingerprint density at radius 1 is 1.24 bits per heavy atom. The highest BCUT2D eigenvalue weighted by Gasteiger charge is 2.23. The zero-order valence-corrected chi connectivity index (χ0v) is 16.2.